The van der Waals surface area contributed by atoms with Gasteiger partial charge < -0.3 is 14.5 Å². The van der Waals surface area contributed by atoms with E-state index in [1.807, 2.05) is 5.32 Å². The molecule has 1 aromatic heterocycles. The summed E-state index contributed by atoms with van der Waals surface area (Å²) in [4.78, 5) is 35.3. The van der Waals surface area contributed by atoms with E-state index >= 15 is 0 Å². The number of imide groups is 1. The van der Waals surface area contributed by atoms with Gasteiger partial charge in [-0.05, 0) is 30.3 Å². The minimum absolute atomic E-state index is 0.0327. The zero-order valence-electron chi connectivity index (χ0n) is 16.9. The van der Waals surface area contributed by atoms with E-state index in [-0.39, 0.29) is 24.5 Å². The second-order valence-electron chi connectivity index (χ2n) is 6.12. The highest BCUT2D eigenvalue weighted by Gasteiger charge is 2.25. The van der Waals surface area contributed by atoms with E-state index < -0.39 is 45.9 Å². The van der Waals surface area contributed by atoms with Crippen LogP contribution in [0.5, 0.6) is 0 Å². The molecule has 1 aromatic carbocycles. The monoisotopic (exact) mass is 455 g/mol. The predicted molar refractivity (Wildman–Crippen MR) is 106 cm³/mol. The number of benzene rings is 1. The molecule has 3 amide bonds. The lowest BCUT2D eigenvalue weighted by Crippen LogP contribution is -2.41. The maximum atomic E-state index is 14.1. The molecule has 0 spiro atoms. The van der Waals surface area contributed by atoms with Crippen LogP contribution in [0.2, 0.25) is 0 Å². The van der Waals surface area contributed by atoms with Gasteiger partial charge in [-0.3, -0.25) is 10.1 Å². The highest BCUT2D eigenvalue weighted by Crippen LogP contribution is 2.20. The number of halogens is 1. The molecule has 2 rings (SSSR count). The molecular weight excluding hydrogens is 433 g/mol. The number of carbonyl (C=O) groups excluding carboxylic acids is 3. The van der Waals surface area contributed by atoms with Crippen LogP contribution in [0.25, 0.3) is 0 Å². The van der Waals surface area contributed by atoms with Crippen LogP contribution in [0.15, 0.2) is 45.9 Å². The SMILES string of the molecule is CCN(CC)S(=O)(=O)c1ccc(F)c(C(=O)OCC(=O)NC(=O)NCc2ccco2)c1. The van der Waals surface area contributed by atoms with E-state index in [0.29, 0.717) is 5.76 Å². The van der Waals surface area contributed by atoms with Crippen molar-refractivity contribution in [3.05, 3.63) is 53.7 Å². The Bertz CT molecular complexity index is 1030. The Hall–Kier alpha value is -3.25. The molecule has 0 bridgehead atoms. The summed E-state index contributed by atoms with van der Waals surface area (Å²) >= 11 is 0. The van der Waals surface area contributed by atoms with Crippen molar-refractivity contribution >= 4 is 27.9 Å². The van der Waals surface area contributed by atoms with Gasteiger partial charge in [-0.2, -0.15) is 4.31 Å². The van der Waals surface area contributed by atoms with Gasteiger partial charge in [0, 0.05) is 13.1 Å². The molecule has 12 heteroatoms. The Morgan fingerprint density at radius 1 is 1.16 bits per heavy atom. The molecule has 31 heavy (non-hydrogen) atoms. The van der Waals surface area contributed by atoms with Crippen LogP contribution in [-0.2, 0) is 26.1 Å². The Morgan fingerprint density at radius 3 is 2.48 bits per heavy atom. The molecule has 0 aliphatic carbocycles. The number of nitrogens with one attached hydrogen (secondary N) is 2. The van der Waals surface area contributed by atoms with Crippen LogP contribution in [0.4, 0.5) is 9.18 Å². The maximum Gasteiger partial charge on any atom is 0.341 e. The smallest absolute Gasteiger partial charge is 0.341 e. The van der Waals surface area contributed by atoms with Crippen LogP contribution in [0.1, 0.15) is 30.0 Å². The third-order valence-corrected chi connectivity index (χ3v) is 6.14. The minimum Gasteiger partial charge on any atom is -0.467 e. The van der Waals surface area contributed by atoms with Gasteiger partial charge in [0.1, 0.15) is 11.6 Å². The summed E-state index contributed by atoms with van der Waals surface area (Å²) in [5, 5.41) is 4.28. The first-order valence-electron chi connectivity index (χ1n) is 9.25. The van der Waals surface area contributed by atoms with Crippen LogP contribution >= 0.6 is 0 Å². The van der Waals surface area contributed by atoms with Crippen LogP contribution < -0.4 is 10.6 Å². The first kappa shape index (κ1) is 24.0. The van der Waals surface area contributed by atoms with Crippen LogP contribution in [-0.4, -0.2) is 50.3 Å². The zero-order valence-corrected chi connectivity index (χ0v) is 17.7. The van der Waals surface area contributed by atoms with Gasteiger partial charge in [-0.25, -0.2) is 22.4 Å². The average molecular weight is 455 g/mol. The quantitative estimate of drug-likeness (QED) is 0.549. The average Bonchev–Trinajstić information content (AvgIpc) is 3.25. The van der Waals surface area contributed by atoms with Gasteiger partial charge in [0.05, 0.1) is 23.3 Å². The summed E-state index contributed by atoms with van der Waals surface area (Å²) in [5.74, 6) is -2.76. The van der Waals surface area contributed by atoms with Gasteiger partial charge >= 0.3 is 12.0 Å². The summed E-state index contributed by atoms with van der Waals surface area (Å²) in [5.41, 5.74) is -0.650. The fourth-order valence-electron chi connectivity index (χ4n) is 2.53. The standard InChI is InChI=1S/C19H22FN3O7S/c1-3-23(4-2)31(27,28)14-7-8-16(20)15(10-14)18(25)30-12-17(24)22-19(26)21-11-13-6-5-9-29-13/h5-10H,3-4,11-12H2,1-2H3,(H2,21,22,24,26). The van der Waals surface area contributed by atoms with Gasteiger partial charge in [0.25, 0.3) is 5.91 Å². The highest BCUT2D eigenvalue weighted by atomic mass is 32.2. The fraction of sp³-hybridized carbons (Fsp3) is 0.316. The van der Waals surface area contributed by atoms with Gasteiger partial charge in [-0.1, -0.05) is 13.8 Å². The number of hydrogen-bond donors (Lipinski definition) is 2. The van der Waals surface area contributed by atoms with Gasteiger partial charge in [0.2, 0.25) is 10.0 Å². The number of esters is 1. The number of ether oxygens (including phenoxy) is 1. The van der Waals surface area contributed by atoms with Crippen molar-refractivity contribution in [2.24, 2.45) is 0 Å². The lowest BCUT2D eigenvalue weighted by molar-refractivity contribution is -0.123. The van der Waals surface area contributed by atoms with Crippen molar-refractivity contribution in [1.29, 1.82) is 0 Å². The van der Waals surface area contributed by atoms with Crippen molar-refractivity contribution in [2.45, 2.75) is 25.3 Å². The lowest BCUT2D eigenvalue weighted by atomic mass is 10.2. The number of hydrogen-bond acceptors (Lipinski definition) is 7. The second-order valence-corrected chi connectivity index (χ2v) is 8.06. The molecule has 0 aliphatic heterocycles. The van der Waals surface area contributed by atoms with Crippen molar-refractivity contribution < 1.29 is 36.3 Å². The zero-order chi connectivity index (χ0) is 23.0. The number of amides is 3. The third kappa shape index (κ3) is 6.36. The van der Waals surface area contributed by atoms with Crippen LogP contribution in [0.3, 0.4) is 0 Å². The summed E-state index contributed by atoms with van der Waals surface area (Å²) in [6.45, 7) is 2.83. The molecular formula is C19H22FN3O7S. The van der Waals surface area contributed by atoms with Crippen molar-refractivity contribution in [3.63, 3.8) is 0 Å². The molecule has 2 aromatic rings. The van der Waals surface area contributed by atoms with Crippen LogP contribution in [0, 0.1) is 5.82 Å². The Kier molecular flexibility index (Phi) is 8.28. The topological polar surface area (TPSA) is 135 Å². The molecule has 1 heterocycles. The normalized spacial score (nSPS) is 11.2. The maximum absolute atomic E-state index is 14.1. The number of furan rings is 1. The molecule has 0 radical (unpaired) electrons. The lowest BCUT2D eigenvalue weighted by Gasteiger charge is -2.18. The number of urea groups is 1. The summed E-state index contributed by atoms with van der Waals surface area (Å²) in [6.07, 6.45) is 1.42. The van der Waals surface area contributed by atoms with Gasteiger partial charge in [-0.15, -0.1) is 0 Å². The number of carbonyl (C=O) groups is 3. The molecule has 0 aliphatic rings. The predicted octanol–water partition coefficient (Wildman–Crippen LogP) is 1.63. The Morgan fingerprint density at radius 2 is 1.87 bits per heavy atom. The second kappa shape index (κ2) is 10.7. The molecule has 2 N–H and O–H groups in total. The largest absolute Gasteiger partial charge is 0.467 e. The van der Waals surface area contributed by atoms with E-state index in [9.17, 15) is 27.2 Å². The van der Waals surface area contributed by atoms with E-state index in [2.05, 4.69) is 5.32 Å². The first-order chi connectivity index (χ1) is 14.7. The van der Waals surface area contributed by atoms with E-state index in [4.69, 9.17) is 9.15 Å². The highest BCUT2D eigenvalue weighted by molar-refractivity contribution is 7.89. The third-order valence-electron chi connectivity index (χ3n) is 4.09. The Labute approximate surface area is 178 Å². The van der Waals surface area contributed by atoms with E-state index in [0.717, 1.165) is 22.5 Å². The molecule has 0 fully saturated rings. The van der Waals surface area contributed by atoms with E-state index in [1.165, 1.54) is 6.26 Å². The van der Waals surface area contributed by atoms with Crippen molar-refractivity contribution in [3.8, 4) is 0 Å². The summed E-state index contributed by atoms with van der Waals surface area (Å²) in [6, 6.07) is 5.11. The molecule has 0 saturated carbocycles. The Balaban J connectivity index is 1.97. The van der Waals surface area contributed by atoms with Gasteiger partial charge in [0.15, 0.2) is 6.61 Å². The molecule has 0 saturated heterocycles. The van der Waals surface area contributed by atoms with Crippen molar-refractivity contribution in [2.75, 3.05) is 19.7 Å². The minimum atomic E-state index is -3.93. The van der Waals surface area contributed by atoms with Crippen molar-refractivity contribution in [1.82, 2.24) is 14.9 Å². The molecule has 0 unspecified atom stereocenters. The number of rotatable bonds is 9. The number of sulfonamides is 1. The van der Waals surface area contributed by atoms with E-state index in [1.54, 1.807) is 26.0 Å². The summed E-state index contributed by atoms with van der Waals surface area (Å²) in [7, 11) is -3.93. The fourth-order valence-corrected chi connectivity index (χ4v) is 4.01. The number of nitrogens with zero attached hydrogens (tertiary/aromatic N) is 1. The first-order valence-corrected chi connectivity index (χ1v) is 10.7. The summed E-state index contributed by atoms with van der Waals surface area (Å²) < 4.78 is 50.0. The molecule has 10 nitrogen and oxygen atoms in total. The molecule has 168 valence electrons. The molecule has 0 atom stereocenters.